The Bertz CT molecular complexity index is 599. The summed E-state index contributed by atoms with van der Waals surface area (Å²) < 4.78 is 10.6. The van der Waals surface area contributed by atoms with E-state index in [4.69, 9.17) is 9.47 Å². The molecule has 0 saturated heterocycles. The topological polar surface area (TPSA) is 48.4 Å². The molecule has 1 aromatic rings. The van der Waals surface area contributed by atoms with Crippen molar-refractivity contribution >= 4 is 5.97 Å². The van der Waals surface area contributed by atoms with Gasteiger partial charge < -0.3 is 9.47 Å². The summed E-state index contributed by atoms with van der Waals surface area (Å²) >= 11 is 0. The third-order valence-corrected chi connectivity index (χ3v) is 7.23. The fourth-order valence-corrected chi connectivity index (χ4v) is 5.21. The number of hydrogen-bond acceptors (Lipinski definition) is 4. The van der Waals surface area contributed by atoms with Gasteiger partial charge in [0.1, 0.15) is 5.75 Å². The van der Waals surface area contributed by atoms with Gasteiger partial charge in [-0.1, -0.05) is 64.7 Å². The summed E-state index contributed by atoms with van der Waals surface area (Å²) in [5.74, 6) is 3.75. The molecule has 4 nitrogen and oxygen atoms in total. The molecule has 0 atom stereocenters. The van der Waals surface area contributed by atoms with E-state index in [9.17, 15) is 4.79 Å². The van der Waals surface area contributed by atoms with Crippen LogP contribution in [0.15, 0.2) is 18.3 Å². The molecule has 0 bridgehead atoms. The molecule has 29 heavy (non-hydrogen) atoms. The summed E-state index contributed by atoms with van der Waals surface area (Å²) in [6, 6.07) is 3.46. The first-order valence-corrected chi connectivity index (χ1v) is 11.9. The molecule has 2 aliphatic rings. The summed E-state index contributed by atoms with van der Waals surface area (Å²) in [5.41, 5.74) is 0. The number of pyridine rings is 1. The zero-order valence-electron chi connectivity index (χ0n) is 18.4. The predicted octanol–water partition coefficient (Wildman–Crippen LogP) is 6.58. The molecule has 0 spiro atoms. The van der Waals surface area contributed by atoms with Gasteiger partial charge in [0.05, 0.1) is 19.2 Å². The first-order chi connectivity index (χ1) is 14.2. The maximum atomic E-state index is 12.5. The second-order valence-electron chi connectivity index (χ2n) is 9.28. The highest BCUT2D eigenvalue weighted by Crippen LogP contribution is 2.38. The fraction of sp³-hybridized carbons (Fsp3) is 0.760. The maximum Gasteiger partial charge on any atom is 0.314 e. The Kier molecular flexibility index (Phi) is 8.82. The molecule has 1 aromatic heterocycles. The second-order valence-corrected chi connectivity index (χ2v) is 9.28. The first kappa shape index (κ1) is 22.1. The van der Waals surface area contributed by atoms with E-state index >= 15 is 0 Å². The SMILES string of the molecule is CCCCC1CCC(CCC2CCC(C(=O)Oc3ccc(OC)nc3)CC2)CC1. The van der Waals surface area contributed by atoms with Crippen molar-refractivity contribution in [2.75, 3.05) is 7.11 Å². The molecule has 0 unspecified atom stereocenters. The van der Waals surface area contributed by atoms with Gasteiger partial charge in [0.15, 0.2) is 0 Å². The zero-order valence-corrected chi connectivity index (χ0v) is 18.4. The Morgan fingerprint density at radius 1 is 0.931 bits per heavy atom. The van der Waals surface area contributed by atoms with Crippen molar-refractivity contribution in [2.24, 2.45) is 23.7 Å². The molecule has 162 valence electrons. The molecule has 1 heterocycles. The second kappa shape index (κ2) is 11.6. The third kappa shape index (κ3) is 7.01. The van der Waals surface area contributed by atoms with E-state index in [1.807, 2.05) is 0 Å². The standard InChI is InChI=1S/C25H39NO3/c1-3-4-5-19-6-8-20(9-7-19)10-11-21-12-14-22(15-13-21)25(27)29-23-16-17-24(28-2)26-18-23/h16-22H,3-15H2,1-2H3. The van der Waals surface area contributed by atoms with Crippen LogP contribution in [0.2, 0.25) is 0 Å². The van der Waals surface area contributed by atoms with Gasteiger partial charge in [-0.15, -0.1) is 0 Å². The van der Waals surface area contributed by atoms with E-state index in [1.54, 1.807) is 25.4 Å². The highest BCUT2D eigenvalue weighted by Gasteiger charge is 2.29. The number of nitrogens with zero attached hydrogens (tertiary/aromatic N) is 1. The number of aromatic nitrogens is 1. The maximum absolute atomic E-state index is 12.5. The van der Waals surface area contributed by atoms with Crippen LogP contribution in [0.25, 0.3) is 0 Å². The van der Waals surface area contributed by atoms with E-state index in [2.05, 4.69) is 11.9 Å². The lowest BCUT2D eigenvalue weighted by Gasteiger charge is -2.31. The summed E-state index contributed by atoms with van der Waals surface area (Å²) in [4.78, 5) is 16.6. The van der Waals surface area contributed by atoms with Crippen LogP contribution in [-0.2, 0) is 4.79 Å². The number of methoxy groups -OCH3 is 1. The van der Waals surface area contributed by atoms with Crippen LogP contribution in [-0.4, -0.2) is 18.1 Å². The van der Waals surface area contributed by atoms with Gasteiger partial charge in [-0.25, -0.2) is 4.98 Å². The Morgan fingerprint density at radius 2 is 1.52 bits per heavy atom. The van der Waals surface area contributed by atoms with Crippen LogP contribution in [0, 0.1) is 23.7 Å². The largest absolute Gasteiger partial charge is 0.481 e. The van der Waals surface area contributed by atoms with Gasteiger partial charge in [-0.2, -0.15) is 0 Å². The van der Waals surface area contributed by atoms with E-state index in [-0.39, 0.29) is 11.9 Å². The van der Waals surface area contributed by atoms with Crippen molar-refractivity contribution in [1.82, 2.24) is 4.98 Å². The van der Waals surface area contributed by atoms with Crippen LogP contribution < -0.4 is 9.47 Å². The molecule has 3 rings (SSSR count). The first-order valence-electron chi connectivity index (χ1n) is 11.9. The molecule has 2 aliphatic carbocycles. The number of carbonyl (C=O) groups is 1. The average Bonchev–Trinajstić information content (AvgIpc) is 2.78. The van der Waals surface area contributed by atoms with Gasteiger partial charge in [0.25, 0.3) is 0 Å². The third-order valence-electron chi connectivity index (χ3n) is 7.23. The van der Waals surface area contributed by atoms with Crippen molar-refractivity contribution in [2.45, 2.75) is 90.4 Å². The van der Waals surface area contributed by atoms with Crippen molar-refractivity contribution in [3.05, 3.63) is 18.3 Å². The Balaban J connectivity index is 1.31. The molecule has 0 amide bonds. The summed E-state index contributed by atoms with van der Waals surface area (Å²) in [5, 5.41) is 0. The van der Waals surface area contributed by atoms with Crippen molar-refractivity contribution in [3.63, 3.8) is 0 Å². The van der Waals surface area contributed by atoms with Crippen molar-refractivity contribution in [3.8, 4) is 11.6 Å². The molecule has 2 fully saturated rings. The summed E-state index contributed by atoms with van der Waals surface area (Å²) in [6.07, 6.45) is 18.6. The highest BCUT2D eigenvalue weighted by atomic mass is 16.5. The lowest BCUT2D eigenvalue weighted by Crippen LogP contribution is -2.26. The molecule has 4 heteroatoms. The minimum Gasteiger partial charge on any atom is -0.481 e. The number of carbonyl (C=O) groups excluding carboxylic acids is 1. The van der Waals surface area contributed by atoms with Crippen molar-refractivity contribution < 1.29 is 14.3 Å². The fourth-order valence-electron chi connectivity index (χ4n) is 5.21. The number of hydrogen-bond donors (Lipinski definition) is 0. The molecule has 0 radical (unpaired) electrons. The van der Waals surface area contributed by atoms with Gasteiger partial charge >= 0.3 is 5.97 Å². The van der Waals surface area contributed by atoms with Gasteiger partial charge in [0, 0.05) is 6.07 Å². The van der Waals surface area contributed by atoms with E-state index in [1.165, 1.54) is 70.6 Å². The Hall–Kier alpha value is -1.58. The summed E-state index contributed by atoms with van der Waals surface area (Å²) in [7, 11) is 1.57. The van der Waals surface area contributed by atoms with Gasteiger partial charge in [-0.3, -0.25) is 4.79 Å². The highest BCUT2D eigenvalue weighted by molar-refractivity contribution is 5.75. The van der Waals surface area contributed by atoms with Crippen LogP contribution in [0.4, 0.5) is 0 Å². The Labute approximate surface area is 176 Å². The minimum absolute atomic E-state index is 0.0438. The smallest absolute Gasteiger partial charge is 0.314 e. The van der Waals surface area contributed by atoms with E-state index in [0.29, 0.717) is 11.6 Å². The van der Waals surface area contributed by atoms with Gasteiger partial charge in [0.2, 0.25) is 5.88 Å². The van der Waals surface area contributed by atoms with Crippen LogP contribution in [0.3, 0.4) is 0 Å². The lowest BCUT2D eigenvalue weighted by molar-refractivity contribution is -0.140. The van der Waals surface area contributed by atoms with Crippen LogP contribution >= 0.6 is 0 Å². The molecule has 0 N–H and O–H groups in total. The average molecular weight is 402 g/mol. The molecular weight excluding hydrogens is 362 g/mol. The van der Waals surface area contributed by atoms with E-state index < -0.39 is 0 Å². The van der Waals surface area contributed by atoms with Gasteiger partial charge in [-0.05, 0) is 49.5 Å². The molecular formula is C25H39NO3. The molecule has 0 aliphatic heterocycles. The minimum atomic E-state index is -0.0965. The number of unbranched alkanes of at least 4 members (excludes halogenated alkanes) is 1. The monoisotopic (exact) mass is 401 g/mol. The Morgan fingerprint density at radius 3 is 2.03 bits per heavy atom. The normalized spacial score (nSPS) is 27.4. The number of rotatable bonds is 9. The predicted molar refractivity (Wildman–Crippen MR) is 116 cm³/mol. The van der Waals surface area contributed by atoms with Crippen LogP contribution in [0.1, 0.15) is 90.4 Å². The van der Waals surface area contributed by atoms with Crippen LogP contribution in [0.5, 0.6) is 11.6 Å². The number of esters is 1. The summed E-state index contributed by atoms with van der Waals surface area (Å²) in [6.45, 7) is 2.30. The quantitative estimate of drug-likeness (QED) is 0.439. The zero-order chi connectivity index (χ0) is 20.5. The van der Waals surface area contributed by atoms with E-state index in [0.717, 1.165) is 30.6 Å². The molecule has 2 saturated carbocycles. The lowest BCUT2D eigenvalue weighted by atomic mass is 9.75. The molecule has 0 aromatic carbocycles. The van der Waals surface area contributed by atoms with Crippen molar-refractivity contribution in [1.29, 1.82) is 0 Å². The number of ether oxygens (including phenoxy) is 2.